The molecule has 0 spiro atoms. The predicted octanol–water partition coefficient (Wildman–Crippen LogP) is 1.72. The number of carbonyl (C=O) groups is 3. The van der Waals surface area contributed by atoms with Gasteiger partial charge in [0.15, 0.2) is 11.5 Å². The molecule has 0 aliphatic heterocycles. The van der Waals surface area contributed by atoms with E-state index in [0.29, 0.717) is 36.2 Å². The van der Waals surface area contributed by atoms with Crippen LogP contribution >= 0.6 is 0 Å². The number of rotatable bonds is 4. The quantitative estimate of drug-likeness (QED) is 0.889. The fraction of sp³-hybridized carbons (Fsp3) is 0.250. The number of aliphatic carboxylic acids is 1. The molecule has 2 aromatic rings. The third-order valence-electron chi connectivity index (χ3n) is 3.82. The van der Waals surface area contributed by atoms with Crippen LogP contribution in [0.15, 0.2) is 24.3 Å². The highest BCUT2D eigenvalue weighted by Gasteiger charge is 2.30. The number of carbonyl (C=O) groups excluding carboxylic acids is 1. The topological polar surface area (TPSA) is 109 Å². The Bertz CT molecular complexity index is 805. The molecule has 7 heteroatoms. The van der Waals surface area contributed by atoms with Gasteiger partial charge in [-0.2, -0.15) is 5.10 Å². The van der Waals surface area contributed by atoms with Crippen molar-refractivity contribution >= 4 is 17.7 Å². The second kappa shape index (κ2) is 5.68. The van der Waals surface area contributed by atoms with Gasteiger partial charge in [0, 0.05) is 6.42 Å². The molecule has 1 heterocycles. The maximum absolute atomic E-state index is 12.0. The minimum atomic E-state index is -1.22. The molecule has 0 unspecified atom stereocenters. The molecule has 0 atom stereocenters. The lowest BCUT2D eigenvalue weighted by molar-refractivity contribution is -0.136. The van der Waals surface area contributed by atoms with Gasteiger partial charge >= 0.3 is 11.9 Å². The van der Waals surface area contributed by atoms with Gasteiger partial charge in [-0.1, -0.05) is 12.1 Å². The summed E-state index contributed by atoms with van der Waals surface area (Å²) in [7, 11) is 0. The fourth-order valence-corrected chi connectivity index (χ4v) is 2.81. The van der Waals surface area contributed by atoms with Crippen LogP contribution in [0.4, 0.5) is 0 Å². The second-order valence-electron chi connectivity index (χ2n) is 5.40. The Morgan fingerprint density at radius 2 is 1.83 bits per heavy atom. The van der Waals surface area contributed by atoms with E-state index in [9.17, 15) is 19.5 Å². The molecule has 1 aromatic carbocycles. The summed E-state index contributed by atoms with van der Waals surface area (Å²) in [5, 5.41) is 22.1. The molecule has 0 fully saturated rings. The Balaban J connectivity index is 2.06. The zero-order valence-electron chi connectivity index (χ0n) is 12.2. The van der Waals surface area contributed by atoms with E-state index >= 15 is 0 Å². The number of ketones is 1. The van der Waals surface area contributed by atoms with Crippen LogP contribution in [-0.2, 0) is 17.6 Å². The van der Waals surface area contributed by atoms with Gasteiger partial charge in [0.2, 0.25) is 0 Å². The summed E-state index contributed by atoms with van der Waals surface area (Å²) in [4.78, 5) is 34.1. The van der Waals surface area contributed by atoms with Crippen LogP contribution in [0.2, 0.25) is 0 Å². The number of carboxylic acids is 2. The molecule has 0 radical (unpaired) electrons. The molecule has 0 saturated carbocycles. The third kappa shape index (κ3) is 2.73. The van der Waals surface area contributed by atoms with Gasteiger partial charge in [0.1, 0.15) is 0 Å². The first-order valence-electron chi connectivity index (χ1n) is 7.17. The van der Waals surface area contributed by atoms with Gasteiger partial charge in [-0.15, -0.1) is 0 Å². The summed E-state index contributed by atoms with van der Waals surface area (Å²) in [5.41, 5.74) is 1.82. The zero-order valence-corrected chi connectivity index (χ0v) is 12.2. The molecule has 1 aliphatic carbocycles. The smallest absolute Gasteiger partial charge is 0.357 e. The average Bonchev–Trinajstić information content (AvgIpc) is 2.89. The van der Waals surface area contributed by atoms with Gasteiger partial charge < -0.3 is 10.2 Å². The highest BCUT2D eigenvalue weighted by atomic mass is 16.4. The van der Waals surface area contributed by atoms with Crippen LogP contribution in [0, 0.1) is 0 Å². The maximum atomic E-state index is 12.0. The normalized spacial score (nSPS) is 13.7. The number of fused-ring (bicyclic) bond motifs is 1. The number of carboxylic acid groups (broad SMARTS) is 2. The molecule has 118 valence electrons. The maximum Gasteiger partial charge on any atom is 0.357 e. The first kappa shape index (κ1) is 15.0. The zero-order chi connectivity index (χ0) is 16.6. The van der Waals surface area contributed by atoms with Crippen LogP contribution < -0.4 is 0 Å². The number of aromatic nitrogens is 2. The van der Waals surface area contributed by atoms with Crippen molar-refractivity contribution in [2.24, 2.45) is 0 Å². The van der Waals surface area contributed by atoms with E-state index in [1.165, 1.54) is 4.68 Å². The van der Waals surface area contributed by atoms with Crippen LogP contribution in [0.25, 0.3) is 5.69 Å². The van der Waals surface area contributed by atoms with Crippen LogP contribution in [0.3, 0.4) is 0 Å². The van der Waals surface area contributed by atoms with E-state index in [-0.39, 0.29) is 23.5 Å². The lowest BCUT2D eigenvalue weighted by Crippen LogP contribution is -2.14. The molecule has 23 heavy (non-hydrogen) atoms. The Kier molecular flexibility index (Phi) is 3.69. The molecule has 0 saturated heterocycles. The van der Waals surface area contributed by atoms with Crippen molar-refractivity contribution in [3.63, 3.8) is 0 Å². The van der Waals surface area contributed by atoms with Crippen molar-refractivity contribution in [2.75, 3.05) is 0 Å². The minimum Gasteiger partial charge on any atom is -0.481 e. The minimum absolute atomic E-state index is 0.0869. The summed E-state index contributed by atoms with van der Waals surface area (Å²) >= 11 is 0. The standard InChI is InChI=1S/C16H14N2O5/c19-12-3-1-2-11-14(12)15(16(22)23)17-18(11)10-6-4-9(5-7-10)8-13(20)21/h4-7H,1-3,8H2,(H,20,21)(H,22,23). The molecular formula is C16H14N2O5. The largest absolute Gasteiger partial charge is 0.481 e. The van der Waals surface area contributed by atoms with Crippen LogP contribution in [0.1, 0.15) is 44.9 Å². The molecule has 0 bridgehead atoms. The highest BCUT2D eigenvalue weighted by Crippen LogP contribution is 2.27. The molecule has 3 rings (SSSR count). The van der Waals surface area contributed by atoms with Crippen LogP contribution in [-0.4, -0.2) is 37.7 Å². The summed E-state index contributed by atoms with van der Waals surface area (Å²) < 4.78 is 1.47. The number of hydrogen-bond acceptors (Lipinski definition) is 4. The third-order valence-corrected chi connectivity index (χ3v) is 3.82. The van der Waals surface area contributed by atoms with Crippen molar-refractivity contribution in [3.8, 4) is 5.69 Å². The first-order chi connectivity index (χ1) is 11.0. The monoisotopic (exact) mass is 314 g/mol. The van der Waals surface area contributed by atoms with Gasteiger partial charge in [-0.3, -0.25) is 9.59 Å². The molecule has 1 aromatic heterocycles. The number of nitrogens with zero attached hydrogens (tertiary/aromatic N) is 2. The van der Waals surface area contributed by atoms with E-state index in [0.717, 1.165) is 0 Å². The Hall–Kier alpha value is -2.96. The molecule has 7 nitrogen and oxygen atoms in total. The van der Waals surface area contributed by atoms with Crippen molar-refractivity contribution in [2.45, 2.75) is 25.7 Å². The van der Waals surface area contributed by atoms with E-state index in [1.807, 2.05) is 0 Å². The average molecular weight is 314 g/mol. The van der Waals surface area contributed by atoms with Crippen molar-refractivity contribution in [3.05, 3.63) is 46.8 Å². The lowest BCUT2D eigenvalue weighted by atomic mass is 9.94. The Morgan fingerprint density at radius 3 is 2.43 bits per heavy atom. The first-order valence-corrected chi connectivity index (χ1v) is 7.17. The van der Waals surface area contributed by atoms with E-state index in [2.05, 4.69) is 5.10 Å². The molecular weight excluding hydrogens is 300 g/mol. The number of aromatic carboxylic acids is 1. The second-order valence-corrected chi connectivity index (χ2v) is 5.40. The van der Waals surface area contributed by atoms with E-state index < -0.39 is 11.9 Å². The summed E-state index contributed by atoms with van der Waals surface area (Å²) in [5.74, 6) is -2.34. The van der Waals surface area contributed by atoms with Gasteiger partial charge in [0.25, 0.3) is 0 Å². The Morgan fingerprint density at radius 1 is 1.13 bits per heavy atom. The molecule has 0 amide bonds. The number of benzene rings is 1. The van der Waals surface area contributed by atoms with E-state index in [1.54, 1.807) is 24.3 Å². The summed E-state index contributed by atoms with van der Waals surface area (Å²) in [6.45, 7) is 0. The van der Waals surface area contributed by atoms with Crippen molar-refractivity contribution < 1.29 is 24.6 Å². The van der Waals surface area contributed by atoms with Crippen molar-refractivity contribution in [1.29, 1.82) is 0 Å². The SMILES string of the molecule is O=C(O)Cc1ccc(-n2nc(C(=O)O)c3c2CCCC3=O)cc1. The lowest BCUT2D eigenvalue weighted by Gasteiger charge is -2.13. The summed E-state index contributed by atoms with van der Waals surface area (Å²) in [6.07, 6.45) is 1.48. The fourth-order valence-electron chi connectivity index (χ4n) is 2.81. The van der Waals surface area contributed by atoms with Gasteiger partial charge in [-0.05, 0) is 30.5 Å². The summed E-state index contributed by atoms with van der Waals surface area (Å²) in [6, 6.07) is 6.66. The van der Waals surface area contributed by atoms with Gasteiger partial charge in [-0.25, -0.2) is 9.48 Å². The van der Waals surface area contributed by atoms with E-state index in [4.69, 9.17) is 5.11 Å². The molecule has 1 aliphatic rings. The van der Waals surface area contributed by atoms with Crippen molar-refractivity contribution in [1.82, 2.24) is 9.78 Å². The predicted molar refractivity (Wildman–Crippen MR) is 79.1 cm³/mol. The van der Waals surface area contributed by atoms with Crippen LogP contribution in [0.5, 0.6) is 0 Å². The highest BCUT2D eigenvalue weighted by molar-refractivity contribution is 6.06. The van der Waals surface area contributed by atoms with Gasteiger partial charge in [0.05, 0.1) is 23.4 Å². The number of Topliss-reactive ketones (excluding diaryl/α,β-unsaturated/α-hetero) is 1. The number of hydrogen-bond donors (Lipinski definition) is 2. The Labute approximate surface area is 131 Å². The molecule has 2 N–H and O–H groups in total.